The molecule has 0 aliphatic carbocycles. The standard InChI is InChI=1S/C16H19ClN2O3.ClH/c17-13-5-12(6-14-15(13)22-9-21-14)16(20)19-3-1-10-7-18-8-11(10)2-4-19;/h5-6,10-11,18H,1-4,7-9H2;1H/t10-,11+;. The zero-order chi connectivity index (χ0) is 15.1. The Bertz CT molecular complexity index is 597. The molecule has 126 valence electrons. The third-order valence-corrected chi connectivity index (χ3v) is 5.26. The van der Waals surface area contributed by atoms with E-state index < -0.39 is 0 Å². The van der Waals surface area contributed by atoms with Crippen LogP contribution in [-0.4, -0.2) is 43.8 Å². The van der Waals surface area contributed by atoms with Crippen molar-refractivity contribution < 1.29 is 14.3 Å². The van der Waals surface area contributed by atoms with Crippen molar-refractivity contribution in [1.29, 1.82) is 0 Å². The van der Waals surface area contributed by atoms with Crippen LogP contribution in [0, 0.1) is 11.8 Å². The second-order valence-electron chi connectivity index (χ2n) is 6.24. The number of fused-ring (bicyclic) bond motifs is 2. The van der Waals surface area contributed by atoms with E-state index in [1.54, 1.807) is 12.1 Å². The van der Waals surface area contributed by atoms with E-state index in [9.17, 15) is 4.79 Å². The van der Waals surface area contributed by atoms with Crippen LogP contribution in [0.4, 0.5) is 0 Å². The number of likely N-dealkylation sites (tertiary alicyclic amines) is 1. The van der Waals surface area contributed by atoms with Crippen LogP contribution in [0.1, 0.15) is 23.2 Å². The summed E-state index contributed by atoms with van der Waals surface area (Å²) in [6, 6.07) is 3.43. The van der Waals surface area contributed by atoms with Crippen molar-refractivity contribution in [3.05, 3.63) is 22.7 Å². The minimum absolute atomic E-state index is 0. The zero-order valence-electron chi connectivity index (χ0n) is 12.7. The van der Waals surface area contributed by atoms with Gasteiger partial charge in [-0.25, -0.2) is 0 Å². The lowest BCUT2D eigenvalue weighted by Crippen LogP contribution is -2.32. The van der Waals surface area contributed by atoms with Crippen molar-refractivity contribution in [3.8, 4) is 11.5 Å². The van der Waals surface area contributed by atoms with Crippen LogP contribution >= 0.6 is 24.0 Å². The van der Waals surface area contributed by atoms with Gasteiger partial charge in [-0.3, -0.25) is 4.79 Å². The molecule has 2 saturated heterocycles. The van der Waals surface area contributed by atoms with Crippen LogP contribution in [0.5, 0.6) is 11.5 Å². The van der Waals surface area contributed by atoms with Gasteiger partial charge in [0.15, 0.2) is 11.5 Å². The number of hydrogen-bond acceptors (Lipinski definition) is 4. The summed E-state index contributed by atoms with van der Waals surface area (Å²) in [5.41, 5.74) is 0.583. The van der Waals surface area contributed by atoms with Crippen LogP contribution < -0.4 is 14.8 Å². The molecule has 2 atom stereocenters. The molecule has 0 spiro atoms. The molecule has 1 N–H and O–H groups in total. The van der Waals surface area contributed by atoms with E-state index in [-0.39, 0.29) is 25.1 Å². The highest BCUT2D eigenvalue weighted by atomic mass is 35.5. The summed E-state index contributed by atoms with van der Waals surface area (Å²) in [6.07, 6.45) is 2.14. The normalized spacial score (nSPS) is 25.5. The zero-order valence-corrected chi connectivity index (χ0v) is 14.3. The molecule has 7 heteroatoms. The van der Waals surface area contributed by atoms with Gasteiger partial charge in [0.05, 0.1) is 5.02 Å². The van der Waals surface area contributed by atoms with Gasteiger partial charge in [-0.2, -0.15) is 0 Å². The third kappa shape index (κ3) is 3.10. The van der Waals surface area contributed by atoms with E-state index in [1.165, 1.54) is 0 Å². The van der Waals surface area contributed by atoms with Crippen LogP contribution in [-0.2, 0) is 0 Å². The van der Waals surface area contributed by atoms with Crippen molar-refractivity contribution in [3.63, 3.8) is 0 Å². The molecule has 0 unspecified atom stereocenters. The molecule has 1 aromatic carbocycles. The Balaban J connectivity index is 0.00000156. The van der Waals surface area contributed by atoms with Gasteiger partial charge >= 0.3 is 0 Å². The highest BCUT2D eigenvalue weighted by molar-refractivity contribution is 6.32. The molecule has 0 aromatic heterocycles. The highest BCUT2D eigenvalue weighted by Crippen LogP contribution is 2.40. The number of hydrogen-bond donors (Lipinski definition) is 1. The van der Waals surface area contributed by atoms with Crippen molar-refractivity contribution in [1.82, 2.24) is 10.2 Å². The number of carbonyl (C=O) groups is 1. The fraction of sp³-hybridized carbons (Fsp3) is 0.562. The number of benzene rings is 1. The monoisotopic (exact) mass is 358 g/mol. The van der Waals surface area contributed by atoms with Gasteiger partial charge < -0.3 is 19.7 Å². The molecule has 3 aliphatic rings. The average Bonchev–Trinajstić information content (AvgIpc) is 3.12. The van der Waals surface area contributed by atoms with E-state index in [2.05, 4.69) is 5.32 Å². The lowest BCUT2D eigenvalue weighted by Gasteiger charge is -2.21. The smallest absolute Gasteiger partial charge is 0.254 e. The number of nitrogens with one attached hydrogen (secondary N) is 1. The van der Waals surface area contributed by atoms with Crippen LogP contribution in [0.25, 0.3) is 0 Å². The molecule has 0 bridgehead atoms. The summed E-state index contributed by atoms with van der Waals surface area (Å²) in [4.78, 5) is 14.7. The van der Waals surface area contributed by atoms with Gasteiger partial charge in [-0.1, -0.05) is 11.6 Å². The summed E-state index contributed by atoms with van der Waals surface area (Å²) >= 11 is 6.18. The van der Waals surface area contributed by atoms with E-state index in [0.717, 1.165) is 39.0 Å². The maximum absolute atomic E-state index is 12.8. The third-order valence-electron chi connectivity index (χ3n) is 4.98. The highest BCUT2D eigenvalue weighted by Gasteiger charge is 2.32. The Morgan fingerprint density at radius 1 is 1.17 bits per heavy atom. The van der Waals surface area contributed by atoms with E-state index >= 15 is 0 Å². The average molecular weight is 359 g/mol. The summed E-state index contributed by atoms with van der Waals surface area (Å²) in [7, 11) is 0. The lowest BCUT2D eigenvalue weighted by molar-refractivity contribution is 0.0758. The summed E-state index contributed by atoms with van der Waals surface area (Å²) < 4.78 is 10.7. The summed E-state index contributed by atoms with van der Waals surface area (Å²) in [6.45, 7) is 3.96. The summed E-state index contributed by atoms with van der Waals surface area (Å²) in [5.74, 6) is 2.55. The number of amides is 1. The van der Waals surface area contributed by atoms with Gasteiger partial charge in [0.2, 0.25) is 6.79 Å². The molecule has 4 rings (SSSR count). The molecule has 0 saturated carbocycles. The van der Waals surface area contributed by atoms with Crippen LogP contribution in [0.15, 0.2) is 12.1 Å². The maximum Gasteiger partial charge on any atom is 0.254 e. The number of carbonyl (C=O) groups excluding carboxylic acids is 1. The maximum atomic E-state index is 12.8. The predicted octanol–water partition coefficient (Wildman–Crippen LogP) is 2.56. The minimum Gasteiger partial charge on any atom is -0.454 e. The van der Waals surface area contributed by atoms with Gasteiger partial charge in [0, 0.05) is 18.7 Å². The molecular formula is C16H20Cl2N2O3. The first-order valence-electron chi connectivity index (χ1n) is 7.81. The molecule has 3 heterocycles. The Kier molecular flexibility index (Phi) is 4.90. The molecule has 5 nitrogen and oxygen atoms in total. The molecule has 2 fully saturated rings. The van der Waals surface area contributed by atoms with E-state index in [1.807, 2.05) is 4.90 Å². The molecule has 0 radical (unpaired) electrons. The first-order chi connectivity index (χ1) is 10.7. The Labute approximate surface area is 146 Å². The fourth-order valence-electron chi connectivity index (χ4n) is 3.69. The molecular weight excluding hydrogens is 339 g/mol. The van der Waals surface area contributed by atoms with Gasteiger partial charge in [-0.05, 0) is 49.9 Å². The first-order valence-corrected chi connectivity index (χ1v) is 8.19. The first kappa shape index (κ1) is 16.7. The molecule has 1 amide bonds. The predicted molar refractivity (Wildman–Crippen MR) is 89.8 cm³/mol. The van der Waals surface area contributed by atoms with Gasteiger partial charge in [-0.15, -0.1) is 12.4 Å². The number of nitrogens with zero attached hydrogens (tertiary/aromatic N) is 1. The molecule has 23 heavy (non-hydrogen) atoms. The minimum atomic E-state index is 0. The molecule has 1 aromatic rings. The number of halogens is 2. The molecule has 3 aliphatic heterocycles. The van der Waals surface area contributed by atoms with Crippen molar-refractivity contribution in [2.45, 2.75) is 12.8 Å². The second kappa shape index (κ2) is 6.75. The largest absolute Gasteiger partial charge is 0.454 e. The van der Waals surface area contributed by atoms with Crippen LogP contribution in [0.2, 0.25) is 5.02 Å². The topological polar surface area (TPSA) is 50.8 Å². The number of rotatable bonds is 1. The SMILES string of the molecule is Cl.O=C(c1cc(Cl)c2c(c1)OCO2)N1CC[C@@H]2CNC[C@@H]2CC1. The number of ether oxygens (including phenoxy) is 2. The van der Waals surface area contributed by atoms with Crippen molar-refractivity contribution in [2.75, 3.05) is 33.0 Å². The quantitative estimate of drug-likeness (QED) is 0.838. The van der Waals surface area contributed by atoms with Gasteiger partial charge in [0.25, 0.3) is 5.91 Å². The second-order valence-corrected chi connectivity index (χ2v) is 6.65. The Morgan fingerprint density at radius 3 is 2.57 bits per heavy atom. The van der Waals surface area contributed by atoms with Crippen molar-refractivity contribution >= 4 is 29.9 Å². The Morgan fingerprint density at radius 2 is 1.87 bits per heavy atom. The van der Waals surface area contributed by atoms with E-state index in [4.69, 9.17) is 21.1 Å². The van der Waals surface area contributed by atoms with E-state index in [0.29, 0.717) is 33.9 Å². The fourth-order valence-corrected chi connectivity index (χ4v) is 3.96. The van der Waals surface area contributed by atoms with Crippen LogP contribution in [0.3, 0.4) is 0 Å². The van der Waals surface area contributed by atoms with Gasteiger partial charge in [0.1, 0.15) is 0 Å². The lowest BCUT2D eigenvalue weighted by atomic mass is 9.92. The Hall–Kier alpha value is -1.17. The van der Waals surface area contributed by atoms with Crippen molar-refractivity contribution in [2.24, 2.45) is 11.8 Å². The summed E-state index contributed by atoms with van der Waals surface area (Å²) in [5, 5.41) is 3.89.